The van der Waals surface area contributed by atoms with Gasteiger partial charge >= 0.3 is 0 Å². The van der Waals surface area contributed by atoms with E-state index in [1.807, 2.05) is 57.2 Å². The Labute approximate surface area is 229 Å². The van der Waals surface area contributed by atoms with Crippen LogP contribution < -0.4 is 9.64 Å². The number of hydrogen-bond acceptors (Lipinski definition) is 8. The van der Waals surface area contributed by atoms with Gasteiger partial charge in [-0.1, -0.05) is 48.9 Å². The molecule has 1 aliphatic rings. The fraction of sp³-hybridized carbons (Fsp3) is 0.310. The number of thiazole rings is 2. The van der Waals surface area contributed by atoms with Crippen LogP contribution in [-0.2, 0) is 4.79 Å². The average molecular weight is 548 g/mol. The normalized spacial score (nSPS) is 15.7. The molecule has 196 valence electrons. The van der Waals surface area contributed by atoms with Gasteiger partial charge in [-0.25, -0.2) is 9.97 Å². The molecule has 1 amide bonds. The second-order valence-electron chi connectivity index (χ2n) is 9.48. The second-order valence-corrected chi connectivity index (χ2v) is 11.7. The van der Waals surface area contributed by atoms with Crippen LogP contribution in [0.1, 0.15) is 62.9 Å². The first-order valence-electron chi connectivity index (χ1n) is 12.6. The molecule has 1 aliphatic heterocycles. The number of nitrogens with zero attached hydrogens (tertiary/aromatic N) is 3. The number of para-hydroxylation sites is 1. The van der Waals surface area contributed by atoms with Crippen molar-refractivity contribution in [1.29, 1.82) is 0 Å². The monoisotopic (exact) mass is 547 g/mol. The summed E-state index contributed by atoms with van der Waals surface area (Å²) in [5.74, 6) is -1.08. The van der Waals surface area contributed by atoms with E-state index in [0.717, 1.165) is 39.2 Å². The number of carbonyl (C=O) groups is 2. The molecule has 4 aromatic rings. The van der Waals surface area contributed by atoms with Gasteiger partial charge in [0.05, 0.1) is 38.0 Å². The van der Waals surface area contributed by atoms with Crippen molar-refractivity contribution in [3.63, 3.8) is 0 Å². The summed E-state index contributed by atoms with van der Waals surface area (Å²) in [6.07, 6.45) is 1.83. The summed E-state index contributed by atoms with van der Waals surface area (Å²) in [6, 6.07) is 10.5. The summed E-state index contributed by atoms with van der Waals surface area (Å²) in [5, 5.41) is 12.4. The summed E-state index contributed by atoms with van der Waals surface area (Å²) >= 11 is 2.62. The van der Waals surface area contributed by atoms with Gasteiger partial charge in [-0.15, -0.1) is 11.3 Å². The third-order valence-electron chi connectivity index (χ3n) is 6.56. The molecule has 0 saturated heterocycles. The zero-order chi connectivity index (χ0) is 27.1. The summed E-state index contributed by atoms with van der Waals surface area (Å²) in [6.45, 7) is 10.2. The summed E-state index contributed by atoms with van der Waals surface area (Å²) in [7, 11) is 0. The lowest BCUT2D eigenvalue weighted by Gasteiger charge is -2.26. The van der Waals surface area contributed by atoms with Crippen molar-refractivity contribution in [1.82, 2.24) is 9.97 Å². The number of ketones is 1. The maximum absolute atomic E-state index is 14.0. The maximum atomic E-state index is 14.0. The molecule has 0 bridgehead atoms. The van der Waals surface area contributed by atoms with Gasteiger partial charge in [0.25, 0.3) is 5.91 Å². The molecular weight excluding hydrogens is 518 g/mol. The summed E-state index contributed by atoms with van der Waals surface area (Å²) < 4.78 is 7.05. The Morgan fingerprint density at radius 3 is 2.58 bits per heavy atom. The van der Waals surface area contributed by atoms with Crippen LogP contribution in [0.3, 0.4) is 0 Å². The van der Waals surface area contributed by atoms with E-state index in [2.05, 4.69) is 11.9 Å². The van der Waals surface area contributed by atoms with Crippen LogP contribution in [0.15, 0.2) is 47.7 Å². The first-order chi connectivity index (χ1) is 18.2. The lowest BCUT2D eigenvalue weighted by Crippen LogP contribution is -2.31. The number of unbranched alkanes of at least 4 members (excludes halogenated alkanes) is 1. The van der Waals surface area contributed by atoms with Crippen LogP contribution in [0, 0.1) is 27.7 Å². The molecule has 2 aromatic carbocycles. The van der Waals surface area contributed by atoms with E-state index in [1.54, 1.807) is 6.92 Å². The molecule has 2 aromatic heterocycles. The fourth-order valence-electron chi connectivity index (χ4n) is 4.82. The molecule has 1 unspecified atom stereocenters. The first kappa shape index (κ1) is 26.1. The van der Waals surface area contributed by atoms with E-state index in [-0.39, 0.29) is 5.57 Å². The highest BCUT2D eigenvalue weighted by atomic mass is 32.1. The Morgan fingerprint density at radius 1 is 1.11 bits per heavy atom. The minimum atomic E-state index is -0.906. The topological polar surface area (TPSA) is 92.6 Å². The number of benzene rings is 2. The van der Waals surface area contributed by atoms with Crippen LogP contribution in [0.2, 0.25) is 0 Å². The molecule has 1 N–H and O–H groups in total. The number of carbonyl (C=O) groups excluding carboxylic acids is 2. The van der Waals surface area contributed by atoms with Gasteiger partial charge in [-0.2, -0.15) is 0 Å². The van der Waals surface area contributed by atoms with Gasteiger partial charge in [0.1, 0.15) is 11.8 Å². The Balaban J connectivity index is 1.70. The Hall–Kier alpha value is -3.56. The SMILES string of the molecule is CCCCOc1ccccc1C1C(C(=O)c2sc(C)nc2C)=C(O)C(=O)N1c1nc2c(C)cc(C)cc2s1. The van der Waals surface area contributed by atoms with Gasteiger partial charge in [-0.3, -0.25) is 14.5 Å². The first-order valence-corrected chi connectivity index (χ1v) is 14.2. The average Bonchev–Trinajstić information content (AvgIpc) is 3.52. The molecule has 9 heteroatoms. The minimum absolute atomic E-state index is 0.0143. The lowest BCUT2D eigenvalue weighted by atomic mass is 9.94. The second kappa shape index (κ2) is 10.3. The molecule has 7 nitrogen and oxygen atoms in total. The van der Waals surface area contributed by atoms with Crippen LogP contribution in [0.5, 0.6) is 5.75 Å². The fourth-order valence-corrected chi connectivity index (χ4v) is 6.86. The Morgan fingerprint density at radius 2 is 1.87 bits per heavy atom. The molecule has 0 aliphatic carbocycles. The van der Waals surface area contributed by atoms with E-state index >= 15 is 0 Å². The highest BCUT2D eigenvalue weighted by Gasteiger charge is 2.47. The smallest absolute Gasteiger partial charge is 0.296 e. The molecular formula is C29H29N3O4S2. The molecule has 5 rings (SSSR count). The highest BCUT2D eigenvalue weighted by Crippen LogP contribution is 2.47. The van der Waals surface area contributed by atoms with Gasteiger partial charge in [0.15, 0.2) is 10.9 Å². The highest BCUT2D eigenvalue weighted by molar-refractivity contribution is 7.22. The maximum Gasteiger partial charge on any atom is 0.296 e. The number of rotatable bonds is 8. The van der Waals surface area contributed by atoms with Gasteiger partial charge < -0.3 is 9.84 Å². The minimum Gasteiger partial charge on any atom is -0.503 e. The Bertz CT molecular complexity index is 1600. The standard InChI is InChI=1S/C29H29N3O4S2/c1-6-7-12-36-20-11-9-8-10-19(20)24-22(25(33)27-17(4)30-18(5)37-27)26(34)28(35)32(24)29-31-23-16(3)13-15(2)14-21(23)38-29/h8-11,13-14,24,34H,6-7,12H2,1-5H3. The van der Waals surface area contributed by atoms with Crippen molar-refractivity contribution in [2.45, 2.75) is 53.5 Å². The largest absolute Gasteiger partial charge is 0.503 e. The molecule has 0 radical (unpaired) electrons. The van der Waals surface area contributed by atoms with Crippen LogP contribution in [0.25, 0.3) is 10.2 Å². The number of aliphatic hydroxyl groups excluding tert-OH is 1. The van der Waals surface area contributed by atoms with Crippen molar-refractivity contribution < 1.29 is 19.4 Å². The number of aliphatic hydroxyl groups is 1. The van der Waals surface area contributed by atoms with Crippen molar-refractivity contribution >= 4 is 49.7 Å². The van der Waals surface area contributed by atoms with E-state index < -0.39 is 23.5 Å². The quantitative estimate of drug-likeness (QED) is 0.190. The number of anilines is 1. The molecule has 0 fully saturated rings. The third kappa shape index (κ3) is 4.50. The molecule has 1 atom stereocenters. The predicted molar refractivity (Wildman–Crippen MR) is 152 cm³/mol. The molecule has 38 heavy (non-hydrogen) atoms. The number of ether oxygens (including phenoxy) is 1. The van der Waals surface area contributed by atoms with Crippen LogP contribution in [-0.4, -0.2) is 33.4 Å². The van der Waals surface area contributed by atoms with Gasteiger partial charge in [0.2, 0.25) is 5.78 Å². The van der Waals surface area contributed by atoms with Crippen LogP contribution in [0.4, 0.5) is 5.13 Å². The number of aromatic nitrogens is 2. The van der Waals surface area contributed by atoms with Crippen LogP contribution >= 0.6 is 22.7 Å². The third-order valence-corrected chi connectivity index (χ3v) is 8.63. The van der Waals surface area contributed by atoms with Crippen molar-refractivity contribution in [2.75, 3.05) is 11.5 Å². The number of Topliss-reactive ketones (excluding diaryl/α,β-unsaturated/α-hetero) is 1. The number of hydrogen-bond donors (Lipinski definition) is 1. The van der Waals surface area contributed by atoms with Crippen molar-refractivity contribution in [3.05, 3.63) is 80.0 Å². The van der Waals surface area contributed by atoms with Gasteiger partial charge in [-0.05, 0) is 57.4 Å². The van der Waals surface area contributed by atoms with E-state index in [4.69, 9.17) is 9.72 Å². The predicted octanol–water partition coefficient (Wildman–Crippen LogP) is 6.95. The zero-order valence-electron chi connectivity index (χ0n) is 22.0. The zero-order valence-corrected chi connectivity index (χ0v) is 23.6. The van der Waals surface area contributed by atoms with E-state index in [9.17, 15) is 14.7 Å². The lowest BCUT2D eigenvalue weighted by molar-refractivity contribution is -0.117. The van der Waals surface area contributed by atoms with Crippen molar-refractivity contribution in [3.8, 4) is 5.75 Å². The molecule has 0 saturated carbocycles. The molecule has 3 heterocycles. The van der Waals surface area contributed by atoms with E-state index in [1.165, 1.54) is 27.6 Å². The summed E-state index contributed by atoms with van der Waals surface area (Å²) in [5.41, 5.74) is 4.09. The number of fused-ring (bicyclic) bond motifs is 1. The summed E-state index contributed by atoms with van der Waals surface area (Å²) in [4.78, 5) is 38.7. The number of amides is 1. The van der Waals surface area contributed by atoms with E-state index in [0.29, 0.717) is 33.6 Å². The van der Waals surface area contributed by atoms with Gasteiger partial charge in [0, 0.05) is 5.56 Å². The van der Waals surface area contributed by atoms with Crippen molar-refractivity contribution in [2.24, 2.45) is 0 Å². The number of aryl methyl sites for hydroxylation is 4. The molecule has 0 spiro atoms. The Kier molecular flexibility index (Phi) is 7.07.